The molecule has 1 aliphatic rings. The molecule has 2 aromatic heterocycles. The third-order valence-corrected chi connectivity index (χ3v) is 7.40. The molecule has 1 aliphatic heterocycles. The number of nitrogens with zero attached hydrogens (tertiary/aromatic N) is 5. The Morgan fingerprint density at radius 2 is 1.86 bits per heavy atom. The summed E-state index contributed by atoms with van der Waals surface area (Å²) in [5.41, 5.74) is 10.3. The molecule has 0 saturated carbocycles. The van der Waals surface area contributed by atoms with Crippen LogP contribution in [0.25, 0.3) is 11.0 Å². The van der Waals surface area contributed by atoms with Crippen LogP contribution in [0.5, 0.6) is 0 Å². The Bertz CT molecular complexity index is 1620. The summed E-state index contributed by atoms with van der Waals surface area (Å²) in [5.74, 6) is -0.588. The van der Waals surface area contributed by atoms with Crippen molar-refractivity contribution in [2.75, 3.05) is 38.2 Å². The lowest BCUT2D eigenvalue weighted by Gasteiger charge is -2.27. The number of aromatic nitrogens is 4. The number of fused-ring (bicyclic) bond motifs is 1. The number of alkyl carbamates (subject to hydrolysis) is 1. The highest BCUT2D eigenvalue weighted by atomic mass is 16.5. The van der Waals surface area contributed by atoms with E-state index in [0.29, 0.717) is 68.5 Å². The molecule has 5 rings (SSSR count). The van der Waals surface area contributed by atoms with Crippen molar-refractivity contribution in [3.05, 3.63) is 76.6 Å². The highest BCUT2D eigenvalue weighted by molar-refractivity contribution is 6.04. The monoisotopic (exact) mass is 602 g/mol. The second-order valence-electron chi connectivity index (χ2n) is 10.6. The summed E-state index contributed by atoms with van der Waals surface area (Å²) < 4.78 is 14.4. The van der Waals surface area contributed by atoms with Crippen LogP contribution in [0.15, 0.2) is 48.5 Å². The molecule has 0 atom stereocenters. The molecule has 2 aromatic carbocycles. The summed E-state index contributed by atoms with van der Waals surface area (Å²) >= 11 is 0. The van der Waals surface area contributed by atoms with Crippen molar-refractivity contribution in [3.8, 4) is 0 Å². The third kappa shape index (κ3) is 7.41. The van der Waals surface area contributed by atoms with E-state index in [0.717, 1.165) is 35.4 Å². The minimum atomic E-state index is -0.559. The number of hydrogen-bond donors (Lipinski definition) is 3. The van der Waals surface area contributed by atoms with E-state index < -0.39 is 12.0 Å². The van der Waals surface area contributed by atoms with Gasteiger partial charge in [0.1, 0.15) is 12.3 Å². The Morgan fingerprint density at radius 3 is 2.59 bits per heavy atom. The van der Waals surface area contributed by atoms with E-state index in [-0.39, 0.29) is 12.5 Å². The van der Waals surface area contributed by atoms with Crippen LogP contribution in [-0.2, 0) is 35.7 Å². The minimum absolute atomic E-state index is 0.177. The number of anilines is 1. The Morgan fingerprint density at radius 1 is 1.09 bits per heavy atom. The number of nitrogens with two attached hydrogens (primary N) is 1. The van der Waals surface area contributed by atoms with Crippen LogP contribution in [-0.4, -0.2) is 75.0 Å². The van der Waals surface area contributed by atoms with Crippen molar-refractivity contribution in [2.45, 2.75) is 46.5 Å². The number of amides is 3. The molecule has 232 valence electrons. The van der Waals surface area contributed by atoms with Crippen molar-refractivity contribution in [1.29, 1.82) is 0 Å². The number of benzene rings is 2. The van der Waals surface area contributed by atoms with Gasteiger partial charge in [0.15, 0.2) is 0 Å². The van der Waals surface area contributed by atoms with Gasteiger partial charge in [-0.15, -0.1) is 0 Å². The summed E-state index contributed by atoms with van der Waals surface area (Å²) in [4.78, 5) is 45.0. The van der Waals surface area contributed by atoms with Gasteiger partial charge in [-0.05, 0) is 49.6 Å². The SMILES string of the molecule is CCn1nc(C)cc1C(=O)Nc1nc2cc(C(N)=O)cc(CN3CCOCC3)c2n1CCCNC(=O)OCc1ccccc1. The Labute approximate surface area is 255 Å². The molecule has 0 radical (unpaired) electrons. The molecule has 3 heterocycles. The number of hydrogen-bond acceptors (Lipinski definition) is 8. The maximum atomic E-state index is 13.4. The molecular weight excluding hydrogens is 564 g/mol. The van der Waals surface area contributed by atoms with Crippen molar-refractivity contribution < 1.29 is 23.9 Å². The summed E-state index contributed by atoms with van der Waals surface area (Å²) in [6.45, 7) is 8.49. The van der Waals surface area contributed by atoms with Gasteiger partial charge in [-0.2, -0.15) is 5.10 Å². The summed E-state index contributed by atoms with van der Waals surface area (Å²) in [6, 6.07) is 14.6. The first-order valence-electron chi connectivity index (χ1n) is 14.8. The maximum absolute atomic E-state index is 13.4. The van der Waals surface area contributed by atoms with E-state index in [1.807, 2.05) is 48.7 Å². The summed E-state index contributed by atoms with van der Waals surface area (Å²) in [6.07, 6.45) is 0.00942. The van der Waals surface area contributed by atoms with Gasteiger partial charge in [-0.1, -0.05) is 30.3 Å². The standard InChI is InChI=1S/C31H38N8O5/c1-3-39-26(16-21(2)36-39)29(41)35-30-34-25-18-23(28(32)40)17-24(19-37-12-14-43-15-13-37)27(25)38(30)11-7-10-33-31(42)44-20-22-8-5-4-6-9-22/h4-6,8-9,16-18H,3,7,10-15,19-20H2,1-2H3,(H2,32,40)(H,33,42)(H,34,35,41). The van der Waals surface area contributed by atoms with Crippen molar-refractivity contribution in [2.24, 2.45) is 5.73 Å². The lowest BCUT2D eigenvalue weighted by molar-refractivity contribution is 0.0343. The fraction of sp³-hybridized carbons (Fsp3) is 0.387. The number of imidazole rings is 1. The number of ether oxygens (including phenoxy) is 2. The zero-order valence-corrected chi connectivity index (χ0v) is 25.0. The number of rotatable bonds is 12. The zero-order valence-electron chi connectivity index (χ0n) is 25.0. The van der Waals surface area contributed by atoms with Crippen molar-refractivity contribution in [1.82, 2.24) is 29.5 Å². The highest BCUT2D eigenvalue weighted by Crippen LogP contribution is 2.28. The van der Waals surface area contributed by atoms with Gasteiger partial charge in [0, 0.05) is 44.8 Å². The van der Waals surface area contributed by atoms with Crippen LogP contribution in [0.1, 0.15) is 51.0 Å². The quantitative estimate of drug-likeness (QED) is 0.209. The third-order valence-electron chi connectivity index (χ3n) is 7.40. The average Bonchev–Trinajstić information content (AvgIpc) is 3.58. The Balaban J connectivity index is 1.40. The molecular formula is C31H38N8O5. The van der Waals surface area contributed by atoms with E-state index in [9.17, 15) is 14.4 Å². The number of carbonyl (C=O) groups is 3. The topological polar surface area (TPSA) is 159 Å². The smallest absolute Gasteiger partial charge is 0.407 e. The van der Waals surface area contributed by atoms with E-state index in [1.54, 1.807) is 22.9 Å². The number of carbonyl (C=O) groups excluding carboxylic acids is 3. The zero-order chi connectivity index (χ0) is 31.1. The lowest BCUT2D eigenvalue weighted by atomic mass is 10.1. The first kappa shape index (κ1) is 30.7. The number of morpholine rings is 1. The van der Waals surface area contributed by atoms with Crippen LogP contribution in [0.4, 0.5) is 10.7 Å². The normalized spacial score (nSPS) is 13.6. The Hall–Kier alpha value is -4.75. The second-order valence-corrected chi connectivity index (χ2v) is 10.6. The molecule has 13 heteroatoms. The lowest BCUT2D eigenvalue weighted by Crippen LogP contribution is -2.35. The van der Waals surface area contributed by atoms with Gasteiger partial charge in [0.25, 0.3) is 5.91 Å². The molecule has 0 spiro atoms. The first-order valence-corrected chi connectivity index (χ1v) is 14.8. The fourth-order valence-electron chi connectivity index (χ4n) is 5.27. The molecule has 13 nitrogen and oxygen atoms in total. The predicted octanol–water partition coefficient (Wildman–Crippen LogP) is 3.06. The molecule has 1 saturated heterocycles. The number of nitrogens with one attached hydrogen (secondary N) is 2. The predicted molar refractivity (Wildman–Crippen MR) is 164 cm³/mol. The molecule has 1 fully saturated rings. The van der Waals surface area contributed by atoms with Gasteiger partial charge in [0.2, 0.25) is 11.9 Å². The van der Waals surface area contributed by atoms with Crippen LogP contribution >= 0.6 is 0 Å². The van der Waals surface area contributed by atoms with Gasteiger partial charge < -0.3 is 25.1 Å². The molecule has 4 aromatic rings. The van der Waals surface area contributed by atoms with Crippen LogP contribution in [0, 0.1) is 6.92 Å². The average molecular weight is 603 g/mol. The van der Waals surface area contributed by atoms with Gasteiger partial charge >= 0.3 is 6.09 Å². The highest BCUT2D eigenvalue weighted by Gasteiger charge is 2.22. The molecule has 0 unspecified atom stereocenters. The van der Waals surface area contributed by atoms with E-state index in [4.69, 9.17) is 20.2 Å². The minimum Gasteiger partial charge on any atom is -0.445 e. The van der Waals surface area contributed by atoms with E-state index >= 15 is 0 Å². The van der Waals surface area contributed by atoms with Crippen LogP contribution in [0.2, 0.25) is 0 Å². The fourth-order valence-corrected chi connectivity index (χ4v) is 5.27. The molecule has 4 N–H and O–H groups in total. The van der Waals surface area contributed by atoms with E-state index in [1.165, 1.54) is 0 Å². The summed E-state index contributed by atoms with van der Waals surface area (Å²) in [7, 11) is 0. The maximum Gasteiger partial charge on any atom is 0.407 e. The largest absolute Gasteiger partial charge is 0.445 e. The summed E-state index contributed by atoms with van der Waals surface area (Å²) in [5, 5.41) is 10.1. The number of primary amides is 1. The first-order chi connectivity index (χ1) is 21.3. The van der Waals surface area contributed by atoms with E-state index in [2.05, 4.69) is 20.6 Å². The van der Waals surface area contributed by atoms with Gasteiger partial charge in [-0.3, -0.25) is 24.5 Å². The molecule has 44 heavy (non-hydrogen) atoms. The van der Waals surface area contributed by atoms with Crippen LogP contribution in [0.3, 0.4) is 0 Å². The van der Waals surface area contributed by atoms with Crippen molar-refractivity contribution >= 4 is 34.9 Å². The molecule has 0 aliphatic carbocycles. The van der Waals surface area contributed by atoms with Gasteiger partial charge in [0.05, 0.1) is 29.9 Å². The van der Waals surface area contributed by atoms with Crippen LogP contribution < -0.4 is 16.4 Å². The Kier molecular flexibility index (Phi) is 9.87. The molecule has 3 amide bonds. The van der Waals surface area contributed by atoms with Gasteiger partial charge in [-0.25, -0.2) is 9.78 Å². The second kappa shape index (κ2) is 14.1. The molecule has 0 bridgehead atoms. The number of aryl methyl sites for hydroxylation is 3. The van der Waals surface area contributed by atoms with Crippen molar-refractivity contribution in [3.63, 3.8) is 0 Å².